The van der Waals surface area contributed by atoms with Gasteiger partial charge in [-0.25, -0.2) is 0 Å². The van der Waals surface area contributed by atoms with Gasteiger partial charge in [-0.2, -0.15) is 0 Å². The molecule has 1 heterocycles. The largest absolute Gasteiger partial charge is 0.507 e. The number of hydrogen-bond acceptors (Lipinski definition) is 4. The van der Waals surface area contributed by atoms with Crippen molar-refractivity contribution in [3.05, 3.63) is 95.2 Å². The van der Waals surface area contributed by atoms with Crippen molar-refractivity contribution in [2.75, 3.05) is 7.11 Å². The van der Waals surface area contributed by atoms with Gasteiger partial charge in [0.15, 0.2) is 0 Å². The van der Waals surface area contributed by atoms with E-state index in [0.717, 1.165) is 22.3 Å². The van der Waals surface area contributed by atoms with Gasteiger partial charge in [-0.3, -0.25) is 4.79 Å². The maximum Gasteiger partial charge on any atom is 0.204 e. The van der Waals surface area contributed by atoms with Crippen LogP contribution in [0.15, 0.2) is 94.1 Å². The fourth-order valence-electron chi connectivity index (χ4n) is 3.81. The summed E-state index contributed by atoms with van der Waals surface area (Å²) >= 11 is 0. The quantitative estimate of drug-likeness (QED) is 0.382. The standard InChI is InChI=1S/C26H18O4/c1-29-18-12-22(27)25-24(13-18)30-23-15-20(17-10-6-3-7-11-17)19(14-21(23)26(25)28)16-8-4-2-5-9-16/h2-15,27H,1H3. The topological polar surface area (TPSA) is 59.7 Å². The van der Waals surface area contributed by atoms with Crippen molar-refractivity contribution in [3.63, 3.8) is 0 Å². The Kier molecular flexibility index (Phi) is 4.25. The SMILES string of the molecule is COc1cc(O)c2c(=O)c3cc(-c4ccccc4)c(-c4ccccc4)cc3oc2c1. The van der Waals surface area contributed by atoms with Crippen LogP contribution < -0.4 is 10.2 Å². The summed E-state index contributed by atoms with van der Waals surface area (Å²) in [6, 6.07) is 26.7. The van der Waals surface area contributed by atoms with Gasteiger partial charge in [0.1, 0.15) is 28.1 Å². The molecule has 0 radical (unpaired) electrons. The summed E-state index contributed by atoms with van der Waals surface area (Å²) in [5, 5.41) is 11.0. The first kappa shape index (κ1) is 18.0. The van der Waals surface area contributed by atoms with Gasteiger partial charge in [-0.1, -0.05) is 60.7 Å². The lowest BCUT2D eigenvalue weighted by Crippen LogP contribution is -2.03. The third-order valence-corrected chi connectivity index (χ3v) is 5.27. The first-order chi connectivity index (χ1) is 14.7. The second-order valence-corrected chi connectivity index (χ2v) is 7.08. The van der Waals surface area contributed by atoms with Crippen molar-refractivity contribution in [2.45, 2.75) is 0 Å². The number of methoxy groups -OCH3 is 1. The van der Waals surface area contributed by atoms with Gasteiger partial charge in [0.2, 0.25) is 5.43 Å². The minimum Gasteiger partial charge on any atom is -0.507 e. The Morgan fingerprint density at radius 2 is 1.37 bits per heavy atom. The smallest absolute Gasteiger partial charge is 0.204 e. The van der Waals surface area contributed by atoms with E-state index in [1.54, 1.807) is 6.07 Å². The lowest BCUT2D eigenvalue weighted by atomic mass is 9.92. The van der Waals surface area contributed by atoms with Crippen LogP contribution in [0.3, 0.4) is 0 Å². The van der Waals surface area contributed by atoms with Crippen molar-refractivity contribution in [1.29, 1.82) is 0 Å². The molecular weight excluding hydrogens is 376 g/mol. The summed E-state index contributed by atoms with van der Waals surface area (Å²) in [5.74, 6) is 0.264. The number of phenolic OH excluding ortho intramolecular Hbond substituents is 1. The molecule has 30 heavy (non-hydrogen) atoms. The molecule has 0 aliphatic heterocycles. The molecule has 1 N–H and O–H groups in total. The van der Waals surface area contributed by atoms with E-state index >= 15 is 0 Å². The van der Waals surface area contributed by atoms with E-state index in [2.05, 4.69) is 0 Å². The van der Waals surface area contributed by atoms with Gasteiger partial charge in [0, 0.05) is 12.1 Å². The van der Waals surface area contributed by atoms with E-state index in [-0.39, 0.29) is 22.1 Å². The fourth-order valence-corrected chi connectivity index (χ4v) is 3.81. The average Bonchev–Trinajstić information content (AvgIpc) is 2.79. The number of hydrogen-bond donors (Lipinski definition) is 1. The summed E-state index contributed by atoms with van der Waals surface area (Å²) < 4.78 is 11.3. The summed E-state index contributed by atoms with van der Waals surface area (Å²) in [5.41, 5.74) is 4.38. The monoisotopic (exact) mass is 394 g/mol. The Labute approximate surface area is 172 Å². The van der Waals surface area contributed by atoms with E-state index in [0.29, 0.717) is 16.7 Å². The zero-order chi connectivity index (χ0) is 20.7. The van der Waals surface area contributed by atoms with Gasteiger partial charge >= 0.3 is 0 Å². The van der Waals surface area contributed by atoms with E-state index in [9.17, 15) is 9.90 Å². The van der Waals surface area contributed by atoms with Gasteiger partial charge in [-0.15, -0.1) is 0 Å². The Morgan fingerprint density at radius 3 is 1.97 bits per heavy atom. The molecule has 0 bridgehead atoms. The molecule has 4 aromatic carbocycles. The van der Waals surface area contributed by atoms with Crippen LogP contribution >= 0.6 is 0 Å². The zero-order valence-electron chi connectivity index (χ0n) is 16.3. The molecule has 1 aromatic heterocycles. The highest BCUT2D eigenvalue weighted by Gasteiger charge is 2.17. The van der Waals surface area contributed by atoms with Gasteiger partial charge in [0.05, 0.1) is 12.5 Å². The maximum absolute atomic E-state index is 13.3. The summed E-state index contributed by atoms with van der Waals surface area (Å²) in [4.78, 5) is 13.3. The lowest BCUT2D eigenvalue weighted by molar-refractivity contribution is 0.408. The fraction of sp³-hybridized carbons (Fsp3) is 0.0385. The van der Waals surface area contributed by atoms with E-state index in [1.807, 2.05) is 72.8 Å². The van der Waals surface area contributed by atoms with Crippen molar-refractivity contribution in [3.8, 4) is 33.8 Å². The predicted octanol–water partition coefficient (Wildman–Crippen LogP) is 5.99. The van der Waals surface area contributed by atoms with E-state index in [1.165, 1.54) is 13.2 Å². The highest BCUT2D eigenvalue weighted by Crippen LogP contribution is 2.37. The highest BCUT2D eigenvalue weighted by atomic mass is 16.5. The number of aromatic hydroxyl groups is 1. The van der Waals surface area contributed by atoms with E-state index < -0.39 is 0 Å². The van der Waals surface area contributed by atoms with Gasteiger partial charge < -0.3 is 14.3 Å². The lowest BCUT2D eigenvalue weighted by Gasteiger charge is -2.13. The van der Waals surface area contributed by atoms with Crippen LogP contribution in [0.4, 0.5) is 0 Å². The number of phenols is 1. The van der Waals surface area contributed by atoms with Crippen LogP contribution in [0, 0.1) is 0 Å². The molecule has 146 valence electrons. The highest BCUT2D eigenvalue weighted by molar-refractivity contribution is 5.99. The van der Waals surface area contributed by atoms with E-state index in [4.69, 9.17) is 9.15 Å². The molecular formula is C26H18O4. The number of fused-ring (bicyclic) bond motifs is 2. The first-order valence-corrected chi connectivity index (χ1v) is 9.58. The predicted molar refractivity (Wildman–Crippen MR) is 119 cm³/mol. The minimum atomic E-state index is -0.275. The Morgan fingerprint density at radius 1 is 0.767 bits per heavy atom. The molecule has 4 heteroatoms. The van der Waals surface area contributed by atoms with Crippen LogP contribution in [0.2, 0.25) is 0 Å². The maximum atomic E-state index is 13.3. The second kappa shape index (κ2) is 7.08. The number of rotatable bonds is 3. The molecule has 0 aliphatic rings. The Balaban J connectivity index is 1.90. The van der Waals surface area contributed by atoms with Crippen molar-refractivity contribution in [1.82, 2.24) is 0 Å². The van der Waals surface area contributed by atoms with Crippen LogP contribution in [0.25, 0.3) is 44.2 Å². The van der Waals surface area contributed by atoms with Gasteiger partial charge in [-0.05, 0) is 34.4 Å². The summed E-state index contributed by atoms with van der Waals surface area (Å²) in [6.07, 6.45) is 0. The van der Waals surface area contributed by atoms with Crippen molar-refractivity contribution < 1.29 is 14.3 Å². The van der Waals surface area contributed by atoms with Gasteiger partial charge in [0.25, 0.3) is 0 Å². The van der Waals surface area contributed by atoms with Crippen molar-refractivity contribution in [2.24, 2.45) is 0 Å². The molecule has 0 amide bonds. The molecule has 0 fully saturated rings. The zero-order valence-corrected chi connectivity index (χ0v) is 16.3. The van der Waals surface area contributed by atoms with Crippen LogP contribution in [-0.2, 0) is 0 Å². The molecule has 5 aromatic rings. The minimum absolute atomic E-state index is 0.148. The third-order valence-electron chi connectivity index (χ3n) is 5.27. The molecule has 0 spiro atoms. The molecule has 0 atom stereocenters. The van der Waals surface area contributed by atoms with Crippen molar-refractivity contribution >= 4 is 21.9 Å². The molecule has 0 aliphatic carbocycles. The van der Waals surface area contributed by atoms with Crippen LogP contribution in [0.1, 0.15) is 0 Å². The summed E-state index contributed by atoms with van der Waals surface area (Å²) in [6.45, 7) is 0. The molecule has 0 saturated carbocycles. The molecule has 4 nitrogen and oxygen atoms in total. The Bertz CT molecular complexity index is 1440. The van der Waals surface area contributed by atoms with Crippen LogP contribution in [-0.4, -0.2) is 12.2 Å². The molecule has 5 rings (SSSR count). The van der Waals surface area contributed by atoms with Crippen LogP contribution in [0.5, 0.6) is 11.5 Å². The second-order valence-electron chi connectivity index (χ2n) is 7.08. The average molecular weight is 394 g/mol. The normalized spacial score (nSPS) is 11.1. The Hall–Kier alpha value is -4.05. The summed E-state index contributed by atoms with van der Waals surface area (Å²) in [7, 11) is 1.50. The number of benzene rings is 4. The molecule has 0 saturated heterocycles. The number of ether oxygens (including phenoxy) is 1. The first-order valence-electron chi connectivity index (χ1n) is 9.58. The third kappa shape index (κ3) is 2.90. The molecule has 0 unspecified atom stereocenters.